The van der Waals surface area contributed by atoms with Crippen molar-refractivity contribution >= 4 is 35.0 Å². The molecule has 0 aliphatic carbocycles. The second-order valence-electron chi connectivity index (χ2n) is 4.30. The maximum atomic E-state index is 13.0. The minimum absolute atomic E-state index is 0.0327. The molecule has 1 heterocycles. The number of carbonyl (C=O) groups excluding carboxylic acids is 1. The molecular formula is C13H14ClFN4OS. The number of nitrogens with zero attached hydrogens (tertiary/aromatic N) is 2. The van der Waals surface area contributed by atoms with Crippen molar-refractivity contribution in [3.05, 3.63) is 34.9 Å². The molecule has 2 aromatic rings. The SMILES string of the molecule is CCc1nc(SC(C)C(=O)Nc2ccc(F)c(Cl)c2)n[nH]1. The van der Waals surface area contributed by atoms with Crippen molar-refractivity contribution < 1.29 is 9.18 Å². The minimum Gasteiger partial charge on any atom is -0.325 e. The second kappa shape index (κ2) is 6.91. The van der Waals surface area contributed by atoms with Crippen molar-refractivity contribution in [2.75, 3.05) is 5.32 Å². The summed E-state index contributed by atoms with van der Waals surface area (Å²) in [5.41, 5.74) is 0.447. The number of thioether (sulfide) groups is 1. The topological polar surface area (TPSA) is 70.7 Å². The first-order chi connectivity index (χ1) is 9.99. The Labute approximate surface area is 130 Å². The van der Waals surface area contributed by atoms with Gasteiger partial charge in [0.25, 0.3) is 0 Å². The van der Waals surface area contributed by atoms with E-state index in [4.69, 9.17) is 11.6 Å². The number of H-pyrrole nitrogens is 1. The highest BCUT2D eigenvalue weighted by atomic mass is 35.5. The zero-order valence-electron chi connectivity index (χ0n) is 11.5. The lowest BCUT2D eigenvalue weighted by molar-refractivity contribution is -0.115. The molecular weight excluding hydrogens is 315 g/mol. The number of benzene rings is 1. The van der Waals surface area contributed by atoms with E-state index < -0.39 is 11.1 Å². The van der Waals surface area contributed by atoms with Crippen LogP contribution in [-0.4, -0.2) is 26.3 Å². The number of amides is 1. The Balaban J connectivity index is 1.97. The van der Waals surface area contributed by atoms with Crippen molar-refractivity contribution in [3.8, 4) is 0 Å². The fraction of sp³-hybridized carbons (Fsp3) is 0.308. The molecule has 0 fully saturated rings. The summed E-state index contributed by atoms with van der Waals surface area (Å²) in [7, 11) is 0. The van der Waals surface area contributed by atoms with E-state index in [9.17, 15) is 9.18 Å². The summed E-state index contributed by atoms with van der Waals surface area (Å²) in [6.45, 7) is 3.70. The lowest BCUT2D eigenvalue weighted by Gasteiger charge is -2.10. The van der Waals surface area contributed by atoms with Crippen LogP contribution in [0.25, 0.3) is 0 Å². The van der Waals surface area contributed by atoms with E-state index >= 15 is 0 Å². The molecule has 0 saturated heterocycles. The fourth-order valence-electron chi connectivity index (χ4n) is 1.52. The summed E-state index contributed by atoms with van der Waals surface area (Å²) in [6.07, 6.45) is 0.752. The zero-order valence-corrected chi connectivity index (χ0v) is 13.1. The van der Waals surface area contributed by atoms with Crippen molar-refractivity contribution in [2.45, 2.75) is 30.7 Å². The maximum absolute atomic E-state index is 13.0. The van der Waals surface area contributed by atoms with E-state index in [0.29, 0.717) is 10.8 Å². The number of halogens is 2. The predicted octanol–water partition coefficient (Wildman–Crippen LogP) is 3.28. The van der Waals surface area contributed by atoms with Crippen LogP contribution in [0, 0.1) is 5.82 Å². The molecule has 5 nitrogen and oxygen atoms in total. The second-order valence-corrected chi connectivity index (χ2v) is 6.01. The van der Waals surface area contributed by atoms with Crippen LogP contribution in [0.15, 0.2) is 23.4 Å². The van der Waals surface area contributed by atoms with Gasteiger partial charge in [-0.1, -0.05) is 30.3 Å². The molecule has 0 radical (unpaired) electrons. The highest BCUT2D eigenvalue weighted by Crippen LogP contribution is 2.23. The van der Waals surface area contributed by atoms with Crippen LogP contribution in [-0.2, 0) is 11.2 Å². The third-order valence-electron chi connectivity index (χ3n) is 2.68. The molecule has 0 aliphatic heterocycles. The summed E-state index contributed by atoms with van der Waals surface area (Å²) in [4.78, 5) is 16.3. The van der Waals surface area contributed by atoms with E-state index in [0.717, 1.165) is 12.2 Å². The van der Waals surface area contributed by atoms with E-state index in [1.165, 1.54) is 30.0 Å². The van der Waals surface area contributed by atoms with Gasteiger partial charge in [-0.3, -0.25) is 9.89 Å². The van der Waals surface area contributed by atoms with Crippen LogP contribution in [0.5, 0.6) is 0 Å². The summed E-state index contributed by atoms with van der Waals surface area (Å²) >= 11 is 6.91. The number of hydrogen-bond acceptors (Lipinski definition) is 4. The quantitative estimate of drug-likeness (QED) is 0.826. The van der Waals surface area contributed by atoms with Crippen LogP contribution in [0.3, 0.4) is 0 Å². The smallest absolute Gasteiger partial charge is 0.237 e. The van der Waals surface area contributed by atoms with E-state index in [-0.39, 0.29) is 10.9 Å². The first-order valence-electron chi connectivity index (χ1n) is 6.33. The van der Waals surface area contributed by atoms with Gasteiger partial charge in [0.15, 0.2) is 0 Å². The number of rotatable bonds is 5. The summed E-state index contributed by atoms with van der Waals surface area (Å²) in [5, 5.41) is 9.58. The third kappa shape index (κ3) is 4.18. The van der Waals surface area contributed by atoms with E-state index in [2.05, 4.69) is 20.5 Å². The highest BCUT2D eigenvalue weighted by molar-refractivity contribution is 8.00. The van der Waals surface area contributed by atoms with Gasteiger partial charge in [-0.15, -0.1) is 5.10 Å². The van der Waals surface area contributed by atoms with Crippen LogP contribution in [0.2, 0.25) is 5.02 Å². The molecule has 1 atom stereocenters. The molecule has 21 heavy (non-hydrogen) atoms. The van der Waals surface area contributed by atoms with Crippen LogP contribution in [0.4, 0.5) is 10.1 Å². The number of carbonyl (C=O) groups is 1. The fourth-order valence-corrected chi connectivity index (χ4v) is 2.44. The monoisotopic (exact) mass is 328 g/mol. The molecule has 0 saturated carbocycles. The maximum Gasteiger partial charge on any atom is 0.237 e. The molecule has 1 unspecified atom stereocenters. The average Bonchev–Trinajstić information content (AvgIpc) is 2.90. The Kier molecular flexibility index (Phi) is 5.19. The Hall–Kier alpha value is -1.60. The Morgan fingerprint density at radius 2 is 2.33 bits per heavy atom. The number of hydrogen-bond donors (Lipinski definition) is 2. The van der Waals surface area contributed by atoms with Gasteiger partial charge in [-0.05, 0) is 25.1 Å². The number of anilines is 1. The minimum atomic E-state index is -0.523. The molecule has 2 N–H and O–H groups in total. The van der Waals surface area contributed by atoms with Crippen molar-refractivity contribution in [1.29, 1.82) is 0 Å². The molecule has 8 heteroatoms. The van der Waals surface area contributed by atoms with Gasteiger partial charge >= 0.3 is 0 Å². The molecule has 0 aliphatic rings. The largest absolute Gasteiger partial charge is 0.325 e. The van der Waals surface area contributed by atoms with Gasteiger partial charge in [0, 0.05) is 12.1 Å². The molecule has 0 bridgehead atoms. The van der Waals surface area contributed by atoms with Crippen molar-refractivity contribution in [2.24, 2.45) is 0 Å². The normalized spacial score (nSPS) is 12.2. The van der Waals surface area contributed by atoms with Gasteiger partial charge in [-0.2, -0.15) is 0 Å². The Morgan fingerprint density at radius 3 is 2.95 bits per heavy atom. The number of aromatic amines is 1. The van der Waals surface area contributed by atoms with Gasteiger partial charge < -0.3 is 5.32 Å². The van der Waals surface area contributed by atoms with E-state index in [1.807, 2.05) is 6.92 Å². The van der Waals surface area contributed by atoms with Crippen molar-refractivity contribution in [3.63, 3.8) is 0 Å². The first-order valence-corrected chi connectivity index (χ1v) is 7.59. The Morgan fingerprint density at radius 1 is 1.57 bits per heavy atom. The van der Waals surface area contributed by atoms with Crippen molar-refractivity contribution in [1.82, 2.24) is 15.2 Å². The molecule has 1 aromatic heterocycles. The number of aryl methyl sites for hydroxylation is 1. The summed E-state index contributed by atoms with van der Waals surface area (Å²) in [6, 6.07) is 4.03. The van der Waals surface area contributed by atoms with Crippen LogP contribution < -0.4 is 5.32 Å². The van der Waals surface area contributed by atoms with Gasteiger partial charge in [0.05, 0.1) is 10.3 Å². The molecule has 0 spiro atoms. The molecule has 2 rings (SSSR count). The zero-order chi connectivity index (χ0) is 15.4. The lowest BCUT2D eigenvalue weighted by atomic mass is 10.3. The Bertz CT molecular complexity index is 649. The third-order valence-corrected chi connectivity index (χ3v) is 3.94. The molecule has 1 amide bonds. The van der Waals surface area contributed by atoms with Crippen LogP contribution >= 0.6 is 23.4 Å². The highest BCUT2D eigenvalue weighted by Gasteiger charge is 2.17. The lowest BCUT2D eigenvalue weighted by Crippen LogP contribution is -2.22. The standard InChI is InChI=1S/C13H14ClFN4OS/c1-3-11-17-13(19-18-11)21-7(2)12(20)16-8-4-5-10(15)9(14)6-8/h4-7H,3H2,1-2H3,(H,16,20)(H,17,18,19). The molecule has 112 valence electrons. The first kappa shape index (κ1) is 15.8. The van der Waals surface area contributed by atoms with Crippen LogP contribution in [0.1, 0.15) is 19.7 Å². The number of aromatic nitrogens is 3. The summed E-state index contributed by atoms with van der Waals surface area (Å²) < 4.78 is 13.0. The average molecular weight is 329 g/mol. The van der Waals surface area contributed by atoms with Gasteiger partial charge in [0.1, 0.15) is 11.6 Å². The van der Waals surface area contributed by atoms with Gasteiger partial charge in [0.2, 0.25) is 11.1 Å². The number of nitrogens with one attached hydrogen (secondary N) is 2. The molecule has 1 aromatic carbocycles. The predicted molar refractivity (Wildman–Crippen MR) is 81.1 cm³/mol. The van der Waals surface area contributed by atoms with E-state index in [1.54, 1.807) is 6.92 Å². The summed E-state index contributed by atoms with van der Waals surface area (Å²) in [5.74, 6) is 0.0193. The van der Waals surface area contributed by atoms with Gasteiger partial charge in [-0.25, -0.2) is 9.37 Å².